The predicted molar refractivity (Wildman–Crippen MR) is 106 cm³/mol. The van der Waals surface area contributed by atoms with Crippen LogP contribution in [0.5, 0.6) is 17.2 Å². The normalized spacial score (nSPS) is 26.3. The first-order chi connectivity index (χ1) is 14.7. The van der Waals surface area contributed by atoms with E-state index in [2.05, 4.69) is 0 Å². The maximum absolute atomic E-state index is 12.7. The highest BCUT2D eigenvalue weighted by Crippen LogP contribution is 2.43. The van der Waals surface area contributed by atoms with E-state index in [1.807, 2.05) is 0 Å². The van der Waals surface area contributed by atoms with E-state index < -0.39 is 54.1 Å². The molecule has 1 aromatic heterocycles. The molecule has 1 aliphatic heterocycles. The van der Waals surface area contributed by atoms with Crippen LogP contribution in [0.15, 0.2) is 45.6 Å². The van der Waals surface area contributed by atoms with E-state index in [0.717, 1.165) is 12.1 Å². The molecule has 0 spiro atoms. The topological polar surface area (TPSA) is 181 Å². The summed E-state index contributed by atoms with van der Waals surface area (Å²) in [4.78, 5) is 12.7. The van der Waals surface area contributed by atoms with Crippen LogP contribution >= 0.6 is 0 Å². The van der Waals surface area contributed by atoms with Crippen LogP contribution in [0.25, 0.3) is 22.3 Å². The molecule has 10 nitrogen and oxygen atoms in total. The Bertz CT molecular complexity index is 1180. The van der Waals surface area contributed by atoms with Crippen molar-refractivity contribution in [2.24, 2.45) is 0 Å². The molecule has 0 bridgehead atoms. The molecule has 5 unspecified atom stereocenters. The molecular weight excluding hydrogens is 412 g/mol. The molecule has 1 fully saturated rings. The maximum Gasteiger partial charge on any atom is 0.197 e. The number of rotatable bonds is 3. The molecule has 7 N–H and O–H groups in total. The summed E-state index contributed by atoms with van der Waals surface area (Å²) in [6, 6.07) is 7.78. The van der Waals surface area contributed by atoms with E-state index in [4.69, 9.17) is 9.15 Å². The SMILES string of the molecule is O=c1cc(-c2cccc(O)c2)oc2c(C3OC(CO)C(O)C(O)C3O)c(O)cc(O)c12. The van der Waals surface area contributed by atoms with Crippen LogP contribution in [0.4, 0.5) is 0 Å². The highest BCUT2D eigenvalue weighted by molar-refractivity contribution is 5.89. The molecule has 3 aromatic rings. The Balaban J connectivity index is 1.98. The zero-order chi connectivity index (χ0) is 22.4. The summed E-state index contributed by atoms with van der Waals surface area (Å²) < 4.78 is 11.3. The van der Waals surface area contributed by atoms with Gasteiger partial charge >= 0.3 is 0 Å². The lowest BCUT2D eigenvalue weighted by Gasteiger charge is -2.40. The van der Waals surface area contributed by atoms with Gasteiger partial charge in [-0.3, -0.25) is 4.79 Å². The predicted octanol–water partition coefficient (Wildman–Crippen LogP) is 0.0917. The third-order valence-electron chi connectivity index (χ3n) is 5.31. The number of aliphatic hydroxyl groups excluding tert-OH is 4. The first kappa shape index (κ1) is 21.1. The van der Waals surface area contributed by atoms with Gasteiger partial charge in [0, 0.05) is 17.7 Å². The van der Waals surface area contributed by atoms with E-state index >= 15 is 0 Å². The summed E-state index contributed by atoms with van der Waals surface area (Å²) in [5.41, 5.74) is -0.944. The van der Waals surface area contributed by atoms with E-state index in [1.165, 1.54) is 18.2 Å². The smallest absolute Gasteiger partial charge is 0.197 e. The first-order valence-electron chi connectivity index (χ1n) is 9.35. The number of hydrogen-bond donors (Lipinski definition) is 7. The van der Waals surface area contributed by atoms with Crippen LogP contribution in [0.2, 0.25) is 0 Å². The highest BCUT2D eigenvalue weighted by atomic mass is 16.5. The quantitative estimate of drug-likeness (QED) is 0.300. The monoisotopic (exact) mass is 432 g/mol. The Morgan fingerprint density at radius 1 is 0.903 bits per heavy atom. The van der Waals surface area contributed by atoms with Gasteiger partial charge in [-0.1, -0.05) is 12.1 Å². The Labute approximate surface area is 174 Å². The van der Waals surface area contributed by atoms with Crippen molar-refractivity contribution in [2.45, 2.75) is 30.5 Å². The molecule has 1 aliphatic rings. The van der Waals surface area contributed by atoms with E-state index in [0.29, 0.717) is 5.56 Å². The molecule has 2 heterocycles. The van der Waals surface area contributed by atoms with Gasteiger partial charge in [0.1, 0.15) is 58.9 Å². The van der Waals surface area contributed by atoms with Crippen LogP contribution < -0.4 is 5.43 Å². The van der Waals surface area contributed by atoms with Crippen molar-refractivity contribution in [3.8, 4) is 28.6 Å². The standard InChI is InChI=1S/C21H20O10/c22-7-14-17(27)18(28)19(29)21(31-14)16-11(25)5-10(24)15-12(26)6-13(30-20(15)16)8-2-1-3-9(23)4-8/h1-6,14,17-19,21-25,27-29H,7H2. The summed E-state index contributed by atoms with van der Waals surface area (Å²) >= 11 is 0. The molecule has 10 heteroatoms. The number of phenolic OH excluding ortho intramolecular Hbond substituents is 3. The minimum absolute atomic E-state index is 0.00996. The number of hydrogen-bond acceptors (Lipinski definition) is 10. The second-order valence-electron chi connectivity index (χ2n) is 7.31. The summed E-state index contributed by atoms with van der Waals surface area (Å²) in [6.45, 7) is -0.698. The van der Waals surface area contributed by atoms with Crippen LogP contribution in [-0.2, 0) is 4.74 Å². The van der Waals surface area contributed by atoms with Gasteiger partial charge in [-0.2, -0.15) is 0 Å². The number of fused-ring (bicyclic) bond motifs is 1. The van der Waals surface area contributed by atoms with Gasteiger partial charge in [0.2, 0.25) is 0 Å². The third kappa shape index (κ3) is 3.50. The summed E-state index contributed by atoms with van der Waals surface area (Å²) in [5.74, 6) is -1.29. The fourth-order valence-corrected chi connectivity index (χ4v) is 3.74. The van der Waals surface area contributed by atoms with E-state index in [9.17, 15) is 40.5 Å². The number of benzene rings is 2. The molecule has 164 valence electrons. The van der Waals surface area contributed by atoms with Crippen LogP contribution in [-0.4, -0.2) is 66.8 Å². The van der Waals surface area contributed by atoms with Gasteiger partial charge in [0.05, 0.1) is 12.2 Å². The van der Waals surface area contributed by atoms with Crippen molar-refractivity contribution in [2.75, 3.05) is 6.61 Å². The Morgan fingerprint density at radius 3 is 2.32 bits per heavy atom. The second-order valence-corrected chi connectivity index (χ2v) is 7.31. The van der Waals surface area contributed by atoms with Gasteiger partial charge in [-0.05, 0) is 12.1 Å². The van der Waals surface area contributed by atoms with Gasteiger partial charge in [0.25, 0.3) is 0 Å². The highest BCUT2D eigenvalue weighted by Gasteiger charge is 2.46. The molecule has 2 aromatic carbocycles. The molecule has 0 amide bonds. The van der Waals surface area contributed by atoms with Crippen LogP contribution in [0, 0.1) is 0 Å². The maximum atomic E-state index is 12.7. The minimum atomic E-state index is -1.76. The number of phenols is 3. The van der Waals surface area contributed by atoms with Crippen molar-refractivity contribution in [3.63, 3.8) is 0 Å². The molecule has 1 saturated heterocycles. The number of aromatic hydroxyl groups is 3. The largest absolute Gasteiger partial charge is 0.508 e. The lowest BCUT2D eigenvalue weighted by atomic mass is 9.89. The molecule has 0 saturated carbocycles. The first-order valence-corrected chi connectivity index (χ1v) is 9.35. The van der Waals surface area contributed by atoms with Crippen LogP contribution in [0.1, 0.15) is 11.7 Å². The number of aliphatic hydroxyl groups is 4. The number of ether oxygens (including phenoxy) is 1. The van der Waals surface area contributed by atoms with Gasteiger partial charge in [-0.15, -0.1) is 0 Å². The van der Waals surface area contributed by atoms with Crippen molar-refractivity contribution in [1.29, 1.82) is 0 Å². The van der Waals surface area contributed by atoms with Gasteiger partial charge in [0.15, 0.2) is 11.0 Å². The van der Waals surface area contributed by atoms with E-state index in [1.54, 1.807) is 6.07 Å². The fraction of sp³-hybridized carbons (Fsp3) is 0.286. The summed E-state index contributed by atoms with van der Waals surface area (Å²) in [6.07, 6.45) is -7.91. The Hall–Kier alpha value is -3.15. The lowest BCUT2D eigenvalue weighted by Crippen LogP contribution is -2.55. The second kappa shape index (κ2) is 7.84. The molecule has 31 heavy (non-hydrogen) atoms. The van der Waals surface area contributed by atoms with Crippen LogP contribution in [0.3, 0.4) is 0 Å². The third-order valence-corrected chi connectivity index (χ3v) is 5.31. The van der Waals surface area contributed by atoms with Gasteiger partial charge in [-0.25, -0.2) is 0 Å². The Kier molecular flexibility index (Phi) is 5.33. The fourth-order valence-electron chi connectivity index (χ4n) is 3.74. The van der Waals surface area contributed by atoms with E-state index in [-0.39, 0.29) is 28.0 Å². The molecule has 0 aliphatic carbocycles. The molecule has 0 radical (unpaired) electrons. The summed E-state index contributed by atoms with van der Waals surface area (Å²) in [5, 5.41) is 70.2. The molecule has 4 rings (SSSR count). The average Bonchev–Trinajstić information content (AvgIpc) is 2.73. The van der Waals surface area contributed by atoms with Crippen molar-refractivity contribution < 1.29 is 44.9 Å². The molecular formula is C21H20O10. The summed E-state index contributed by atoms with van der Waals surface area (Å²) in [7, 11) is 0. The minimum Gasteiger partial charge on any atom is -0.508 e. The average molecular weight is 432 g/mol. The van der Waals surface area contributed by atoms with Crippen molar-refractivity contribution in [1.82, 2.24) is 0 Å². The zero-order valence-electron chi connectivity index (χ0n) is 15.9. The Morgan fingerprint density at radius 2 is 1.65 bits per heavy atom. The molecule has 5 atom stereocenters. The lowest BCUT2D eigenvalue weighted by molar-refractivity contribution is -0.231. The van der Waals surface area contributed by atoms with Crippen molar-refractivity contribution in [3.05, 3.63) is 52.2 Å². The zero-order valence-corrected chi connectivity index (χ0v) is 15.9. The van der Waals surface area contributed by atoms with Gasteiger partial charge < -0.3 is 44.9 Å². The van der Waals surface area contributed by atoms with Crippen molar-refractivity contribution >= 4 is 11.0 Å².